The van der Waals surface area contributed by atoms with Gasteiger partial charge >= 0.3 is 0 Å². The highest BCUT2D eigenvalue weighted by molar-refractivity contribution is 6.30. The molecule has 1 aromatic rings. The molecule has 0 radical (unpaired) electrons. The van der Waals surface area contributed by atoms with Gasteiger partial charge in [-0.1, -0.05) is 11.6 Å². The number of carbonyl (C=O) groups excluding carboxylic acids is 2. The van der Waals surface area contributed by atoms with E-state index in [0.29, 0.717) is 17.1 Å². The fourth-order valence-corrected chi connectivity index (χ4v) is 4.40. The Morgan fingerprint density at radius 2 is 1.43 bits per heavy atom. The minimum Gasteiger partial charge on any atom is -0.390 e. The topological polar surface area (TPSA) is 77.8 Å². The summed E-state index contributed by atoms with van der Waals surface area (Å²) in [6, 6.07) is 6.52. The quantitative estimate of drug-likeness (QED) is 0.753. The number of hydrogen-bond donors (Lipinski definition) is 2. The van der Waals surface area contributed by atoms with Crippen LogP contribution in [0, 0.1) is 23.7 Å². The van der Waals surface area contributed by atoms with E-state index in [1.165, 1.54) is 4.90 Å². The first kappa shape index (κ1) is 13.2. The molecule has 6 heteroatoms. The van der Waals surface area contributed by atoms with Gasteiger partial charge in [0.15, 0.2) is 0 Å². The van der Waals surface area contributed by atoms with Crippen molar-refractivity contribution < 1.29 is 19.8 Å². The number of amides is 2. The smallest absolute Gasteiger partial charge is 0.238 e. The van der Waals surface area contributed by atoms with E-state index < -0.39 is 24.0 Å². The maximum Gasteiger partial charge on any atom is 0.238 e. The van der Waals surface area contributed by atoms with Crippen LogP contribution in [0.15, 0.2) is 24.3 Å². The first-order valence-electron chi connectivity index (χ1n) is 7.00. The van der Waals surface area contributed by atoms with Crippen molar-refractivity contribution in [3.8, 4) is 0 Å². The number of halogens is 1. The standard InChI is InChI=1S/C15H14ClNO4/c16-6-1-3-7(4-2-6)17-14(20)10-8-5-9(11(10)15(17)21)13(19)12(8)18/h1-4,8-13,18-19H,5H2. The molecule has 0 spiro atoms. The van der Waals surface area contributed by atoms with Crippen LogP contribution in [0.1, 0.15) is 6.42 Å². The van der Waals surface area contributed by atoms with E-state index in [9.17, 15) is 19.8 Å². The first-order valence-corrected chi connectivity index (χ1v) is 7.38. The highest BCUT2D eigenvalue weighted by Crippen LogP contribution is 2.56. The lowest BCUT2D eigenvalue weighted by Gasteiger charge is -2.29. The predicted octanol–water partition coefficient (Wildman–Crippen LogP) is 0.817. The van der Waals surface area contributed by atoms with Gasteiger partial charge in [-0.05, 0) is 30.7 Å². The molecule has 2 saturated carbocycles. The monoisotopic (exact) mass is 307 g/mol. The molecule has 5 nitrogen and oxygen atoms in total. The van der Waals surface area contributed by atoms with Crippen LogP contribution < -0.4 is 4.90 Å². The normalized spacial score (nSPS) is 41.0. The Hall–Kier alpha value is -1.43. The Kier molecular flexibility index (Phi) is 2.70. The van der Waals surface area contributed by atoms with E-state index >= 15 is 0 Å². The van der Waals surface area contributed by atoms with Crippen LogP contribution in [0.25, 0.3) is 0 Å². The van der Waals surface area contributed by atoms with E-state index in [-0.39, 0.29) is 23.7 Å². The van der Waals surface area contributed by atoms with E-state index in [1.54, 1.807) is 24.3 Å². The summed E-state index contributed by atoms with van der Waals surface area (Å²) in [6.07, 6.45) is -1.26. The van der Waals surface area contributed by atoms with Crippen LogP contribution in [0.5, 0.6) is 0 Å². The maximum atomic E-state index is 12.6. The van der Waals surface area contributed by atoms with E-state index in [1.807, 2.05) is 0 Å². The molecule has 3 fully saturated rings. The fourth-order valence-electron chi connectivity index (χ4n) is 4.28. The number of rotatable bonds is 1. The van der Waals surface area contributed by atoms with Crippen LogP contribution in [0.4, 0.5) is 5.69 Å². The Labute approximate surface area is 126 Å². The average Bonchev–Trinajstić information content (AvgIpc) is 3.06. The van der Waals surface area contributed by atoms with Crippen molar-refractivity contribution in [1.82, 2.24) is 0 Å². The average molecular weight is 308 g/mol. The number of nitrogens with zero attached hydrogens (tertiary/aromatic N) is 1. The lowest BCUT2D eigenvalue weighted by atomic mass is 9.78. The minimum absolute atomic E-state index is 0.272. The Balaban J connectivity index is 1.73. The molecular weight excluding hydrogens is 294 g/mol. The third kappa shape index (κ3) is 1.59. The Morgan fingerprint density at radius 3 is 1.90 bits per heavy atom. The molecule has 21 heavy (non-hydrogen) atoms. The van der Waals surface area contributed by atoms with Crippen molar-refractivity contribution in [3.63, 3.8) is 0 Å². The van der Waals surface area contributed by atoms with Gasteiger partial charge in [-0.25, -0.2) is 0 Å². The van der Waals surface area contributed by atoms with Crippen molar-refractivity contribution >= 4 is 29.1 Å². The summed E-state index contributed by atoms with van der Waals surface area (Å²) in [7, 11) is 0. The zero-order valence-corrected chi connectivity index (χ0v) is 11.8. The number of fused-ring (bicyclic) bond motifs is 5. The van der Waals surface area contributed by atoms with Gasteiger partial charge in [-0.3, -0.25) is 14.5 Å². The molecule has 2 N–H and O–H groups in total. The number of carbonyl (C=O) groups is 2. The lowest BCUT2D eigenvalue weighted by Crippen LogP contribution is -2.43. The minimum atomic E-state index is -0.904. The molecule has 0 aromatic heterocycles. The van der Waals surface area contributed by atoms with E-state index in [2.05, 4.69) is 0 Å². The second-order valence-corrected chi connectivity index (χ2v) is 6.52. The lowest BCUT2D eigenvalue weighted by molar-refractivity contribution is -0.129. The van der Waals surface area contributed by atoms with Gasteiger partial charge in [0.25, 0.3) is 0 Å². The van der Waals surface area contributed by atoms with Gasteiger partial charge in [0, 0.05) is 16.9 Å². The van der Waals surface area contributed by atoms with Gasteiger partial charge in [-0.2, -0.15) is 0 Å². The molecule has 1 heterocycles. The molecule has 1 saturated heterocycles. The van der Waals surface area contributed by atoms with Gasteiger partial charge in [0.1, 0.15) is 0 Å². The van der Waals surface area contributed by atoms with Gasteiger partial charge < -0.3 is 10.2 Å². The number of imide groups is 1. The molecule has 2 aliphatic carbocycles. The van der Waals surface area contributed by atoms with Gasteiger partial charge in [-0.15, -0.1) is 0 Å². The SMILES string of the molecule is O=C1C2C3CC(C(O)C3O)C2C(=O)N1c1ccc(Cl)cc1. The third-order valence-corrected chi connectivity index (χ3v) is 5.43. The van der Waals surface area contributed by atoms with E-state index in [4.69, 9.17) is 11.6 Å². The first-order chi connectivity index (χ1) is 10.0. The Morgan fingerprint density at radius 1 is 0.952 bits per heavy atom. The highest BCUT2D eigenvalue weighted by Gasteiger charge is 2.67. The van der Waals surface area contributed by atoms with Crippen molar-refractivity contribution in [1.29, 1.82) is 0 Å². The van der Waals surface area contributed by atoms with Crippen molar-refractivity contribution in [2.24, 2.45) is 23.7 Å². The molecular formula is C15H14ClNO4. The second-order valence-electron chi connectivity index (χ2n) is 6.08. The van der Waals surface area contributed by atoms with E-state index in [0.717, 1.165) is 0 Å². The fraction of sp³-hybridized carbons (Fsp3) is 0.467. The predicted molar refractivity (Wildman–Crippen MR) is 74.5 cm³/mol. The highest BCUT2D eigenvalue weighted by atomic mass is 35.5. The Bertz CT molecular complexity index is 599. The van der Waals surface area contributed by atoms with Crippen LogP contribution in [0.2, 0.25) is 5.02 Å². The third-order valence-electron chi connectivity index (χ3n) is 5.18. The van der Waals surface area contributed by atoms with Crippen molar-refractivity contribution in [3.05, 3.63) is 29.3 Å². The van der Waals surface area contributed by atoms with Crippen LogP contribution in [-0.4, -0.2) is 34.2 Å². The molecule has 6 atom stereocenters. The molecule has 6 unspecified atom stereocenters. The molecule has 2 bridgehead atoms. The number of aliphatic hydroxyl groups excluding tert-OH is 2. The summed E-state index contributed by atoms with van der Waals surface area (Å²) in [5, 5.41) is 20.5. The largest absolute Gasteiger partial charge is 0.390 e. The van der Waals surface area contributed by atoms with Gasteiger partial charge in [0.2, 0.25) is 11.8 Å². The summed E-state index contributed by atoms with van der Waals surface area (Å²) < 4.78 is 0. The molecule has 110 valence electrons. The second kappa shape index (κ2) is 4.29. The number of anilines is 1. The summed E-state index contributed by atoms with van der Waals surface area (Å²) in [5.41, 5.74) is 0.493. The van der Waals surface area contributed by atoms with Crippen LogP contribution >= 0.6 is 11.6 Å². The molecule has 1 aromatic carbocycles. The molecule has 2 amide bonds. The number of hydrogen-bond acceptors (Lipinski definition) is 4. The maximum absolute atomic E-state index is 12.6. The van der Waals surface area contributed by atoms with Crippen molar-refractivity contribution in [2.75, 3.05) is 4.90 Å². The van der Waals surface area contributed by atoms with Gasteiger partial charge in [0.05, 0.1) is 29.7 Å². The molecule has 1 aliphatic heterocycles. The molecule has 3 aliphatic rings. The van der Waals surface area contributed by atoms with Crippen LogP contribution in [-0.2, 0) is 9.59 Å². The summed E-state index contributed by atoms with van der Waals surface area (Å²) in [6.45, 7) is 0. The van der Waals surface area contributed by atoms with Crippen LogP contribution in [0.3, 0.4) is 0 Å². The number of benzene rings is 1. The zero-order valence-electron chi connectivity index (χ0n) is 11.0. The zero-order chi connectivity index (χ0) is 14.9. The molecule has 4 rings (SSSR count). The summed E-state index contributed by atoms with van der Waals surface area (Å²) >= 11 is 5.83. The summed E-state index contributed by atoms with van der Waals surface area (Å²) in [5.74, 6) is -2.18. The van der Waals surface area contributed by atoms with Crippen molar-refractivity contribution in [2.45, 2.75) is 18.6 Å². The summed E-state index contributed by atoms with van der Waals surface area (Å²) in [4.78, 5) is 26.4. The number of aliphatic hydroxyl groups is 2.